The predicted molar refractivity (Wildman–Crippen MR) is 109 cm³/mol. The average molecular weight is 384 g/mol. The van der Waals surface area contributed by atoms with Crippen LogP contribution in [0.1, 0.15) is 6.92 Å². The van der Waals surface area contributed by atoms with E-state index in [9.17, 15) is 9.59 Å². The predicted octanol–water partition coefficient (Wildman–Crippen LogP) is 3.44. The number of allylic oxidation sites excluding steroid dienone is 1. The maximum absolute atomic E-state index is 12.1. The van der Waals surface area contributed by atoms with E-state index < -0.39 is 0 Å². The van der Waals surface area contributed by atoms with E-state index in [2.05, 4.69) is 20.3 Å². The number of aliphatic imine (C=N–C) groups is 2. The zero-order valence-electron chi connectivity index (χ0n) is 14.0. The molecule has 0 saturated carbocycles. The molecule has 0 aliphatic carbocycles. The molecule has 6 nitrogen and oxygen atoms in total. The molecule has 0 fully saturated rings. The van der Waals surface area contributed by atoms with Crippen LogP contribution in [0.5, 0.6) is 0 Å². The van der Waals surface area contributed by atoms with Gasteiger partial charge in [0.2, 0.25) is 5.91 Å². The highest BCUT2D eigenvalue weighted by atomic mass is 32.2. The number of benzene rings is 1. The number of hydrogen-bond donors (Lipinski definition) is 2. The smallest absolute Gasteiger partial charge is 0.261 e. The van der Waals surface area contributed by atoms with Gasteiger partial charge in [-0.05, 0) is 35.4 Å². The number of amides is 2. The van der Waals surface area contributed by atoms with Crippen molar-refractivity contribution >= 4 is 62.8 Å². The largest absolute Gasteiger partial charge is 0.361 e. The van der Waals surface area contributed by atoms with E-state index in [0.717, 1.165) is 26.5 Å². The second-order valence-corrected chi connectivity index (χ2v) is 8.25. The highest BCUT2D eigenvalue weighted by Crippen LogP contribution is 2.34. The Morgan fingerprint density at radius 3 is 3.12 bits per heavy atom. The molecule has 0 radical (unpaired) electrons. The summed E-state index contributed by atoms with van der Waals surface area (Å²) in [4.78, 5) is 36.8. The van der Waals surface area contributed by atoms with Crippen LogP contribution in [-0.4, -0.2) is 39.2 Å². The molecule has 1 aromatic carbocycles. The minimum absolute atomic E-state index is 0.0954. The zero-order chi connectivity index (χ0) is 18.1. The number of fused-ring (bicyclic) bond motifs is 2. The van der Waals surface area contributed by atoms with Crippen LogP contribution in [0, 0.1) is 5.92 Å². The summed E-state index contributed by atoms with van der Waals surface area (Å²) in [6.45, 7) is 1.96. The monoisotopic (exact) mass is 384 g/mol. The van der Waals surface area contributed by atoms with E-state index in [1.54, 1.807) is 0 Å². The van der Waals surface area contributed by atoms with Crippen LogP contribution in [0.25, 0.3) is 10.9 Å². The number of thioether (sulfide) groups is 2. The number of aromatic amines is 1. The lowest BCUT2D eigenvalue weighted by Crippen LogP contribution is -2.24. The third-order valence-corrected chi connectivity index (χ3v) is 5.92. The SMILES string of the molecule is CC1=CC2C(=O)N=C(CSCC(=O)Nc3ccc4cc[nH]c4c3)N=C2S1. The molecule has 26 heavy (non-hydrogen) atoms. The minimum Gasteiger partial charge on any atom is -0.361 e. The quantitative estimate of drug-likeness (QED) is 0.827. The fourth-order valence-corrected chi connectivity index (χ4v) is 4.46. The van der Waals surface area contributed by atoms with E-state index >= 15 is 0 Å². The number of H-pyrrole nitrogens is 1. The first kappa shape index (κ1) is 17.1. The molecule has 2 amide bonds. The lowest BCUT2D eigenvalue weighted by atomic mass is 10.1. The molecule has 2 aliphatic rings. The number of anilines is 1. The van der Waals surface area contributed by atoms with Crippen molar-refractivity contribution in [3.8, 4) is 0 Å². The van der Waals surface area contributed by atoms with Crippen molar-refractivity contribution in [1.82, 2.24) is 4.98 Å². The Bertz CT molecular complexity index is 990. The molecule has 1 atom stereocenters. The standard InChI is InChI=1S/C18H16N4O2S2/c1-10-6-13-17(24)21-15(22-18(13)26-10)8-25-9-16(23)20-12-3-2-11-4-5-19-14(11)7-12/h2-7,13,19H,8-9H2,1H3,(H,20,23). The molecule has 132 valence electrons. The summed E-state index contributed by atoms with van der Waals surface area (Å²) in [5.41, 5.74) is 1.73. The number of hydrogen-bond acceptors (Lipinski definition) is 5. The maximum Gasteiger partial charge on any atom is 0.261 e. The normalized spacial score (nSPS) is 19.0. The average Bonchev–Trinajstić information content (AvgIpc) is 3.20. The lowest BCUT2D eigenvalue weighted by molar-refractivity contribution is -0.118. The van der Waals surface area contributed by atoms with E-state index in [-0.39, 0.29) is 23.5 Å². The van der Waals surface area contributed by atoms with Gasteiger partial charge >= 0.3 is 0 Å². The van der Waals surface area contributed by atoms with Crippen molar-refractivity contribution in [2.24, 2.45) is 15.9 Å². The molecule has 2 N–H and O–H groups in total. The summed E-state index contributed by atoms with van der Waals surface area (Å²) in [6.07, 6.45) is 3.76. The van der Waals surface area contributed by atoms with Gasteiger partial charge in [-0.15, -0.1) is 11.8 Å². The molecule has 0 spiro atoms. The minimum atomic E-state index is -0.306. The van der Waals surface area contributed by atoms with Gasteiger partial charge in [-0.2, -0.15) is 4.99 Å². The number of nitrogens with zero attached hydrogens (tertiary/aromatic N) is 2. The second kappa shape index (κ2) is 7.13. The van der Waals surface area contributed by atoms with Crippen molar-refractivity contribution in [1.29, 1.82) is 0 Å². The van der Waals surface area contributed by atoms with Crippen molar-refractivity contribution in [3.63, 3.8) is 0 Å². The van der Waals surface area contributed by atoms with Crippen molar-refractivity contribution in [2.45, 2.75) is 6.92 Å². The first-order chi connectivity index (χ1) is 12.6. The Hall–Kier alpha value is -2.32. The third kappa shape index (κ3) is 3.61. The fraction of sp³-hybridized carbons (Fsp3) is 0.222. The molecule has 8 heteroatoms. The van der Waals surface area contributed by atoms with Crippen LogP contribution in [0.15, 0.2) is 51.4 Å². The molecule has 2 aliphatic heterocycles. The molecular weight excluding hydrogens is 368 g/mol. The first-order valence-electron chi connectivity index (χ1n) is 8.09. The van der Waals surface area contributed by atoms with Gasteiger partial charge in [0, 0.05) is 17.4 Å². The Morgan fingerprint density at radius 2 is 2.23 bits per heavy atom. The molecule has 3 heterocycles. The van der Waals surface area contributed by atoms with Crippen molar-refractivity contribution in [3.05, 3.63) is 41.4 Å². The van der Waals surface area contributed by atoms with Gasteiger partial charge in [0.1, 0.15) is 11.8 Å². The Balaban J connectivity index is 1.30. The highest BCUT2D eigenvalue weighted by Gasteiger charge is 2.32. The number of aromatic nitrogens is 1. The van der Waals surface area contributed by atoms with E-state index in [0.29, 0.717) is 11.6 Å². The molecular formula is C18H16N4O2S2. The number of amidine groups is 1. The van der Waals surface area contributed by atoms with Gasteiger partial charge in [0.25, 0.3) is 5.91 Å². The van der Waals surface area contributed by atoms with Gasteiger partial charge < -0.3 is 10.3 Å². The highest BCUT2D eigenvalue weighted by molar-refractivity contribution is 8.17. The number of nitrogens with one attached hydrogen (secondary N) is 2. The van der Waals surface area contributed by atoms with E-state index in [4.69, 9.17) is 0 Å². The zero-order valence-corrected chi connectivity index (χ0v) is 15.6. The van der Waals surface area contributed by atoms with Crippen LogP contribution in [0.3, 0.4) is 0 Å². The van der Waals surface area contributed by atoms with Crippen LogP contribution in [-0.2, 0) is 9.59 Å². The van der Waals surface area contributed by atoms with Gasteiger partial charge in [0.05, 0.1) is 16.5 Å². The molecule has 0 saturated heterocycles. The number of carbonyl (C=O) groups is 2. The van der Waals surface area contributed by atoms with Crippen LogP contribution < -0.4 is 5.32 Å². The van der Waals surface area contributed by atoms with Gasteiger partial charge in [-0.1, -0.05) is 23.9 Å². The fourth-order valence-electron chi connectivity index (χ4n) is 2.81. The molecule has 1 aromatic heterocycles. The van der Waals surface area contributed by atoms with Gasteiger partial charge in [-0.3, -0.25) is 9.59 Å². The second-order valence-electron chi connectivity index (χ2n) is 5.99. The summed E-state index contributed by atoms with van der Waals surface area (Å²) in [7, 11) is 0. The summed E-state index contributed by atoms with van der Waals surface area (Å²) >= 11 is 2.91. The first-order valence-corrected chi connectivity index (χ1v) is 10.1. The molecule has 4 rings (SSSR count). The van der Waals surface area contributed by atoms with Gasteiger partial charge in [-0.25, -0.2) is 4.99 Å². The molecule has 2 aromatic rings. The summed E-state index contributed by atoms with van der Waals surface area (Å²) in [5, 5.41) is 4.77. The molecule has 0 bridgehead atoms. The lowest BCUT2D eigenvalue weighted by Gasteiger charge is -2.12. The molecule has 1 unspecified atom stereocenters. The van der Waals surface area contributed by atoms with Crippen LogP contribution in [0.4, 0.5) is 5.69 Å². The summed E-state index contributed by atoms with van der Waals surface area (Å²) in [5.74, 6) is 0.627. The van der Waals surface area contributed by atoms with Crippen molar-refractivity contribution < 1.29 is 9.59 Å². The Labute approximate surface area is 158 Å². The van der Waals surface area contributed by atoms with Crippen LogP contribution >= 0.6 is 23.5 Å². The van der Waals surface area contributed by atoms with Gasteiger partial charge in [0.15, 0.2) is 0 Å². The summed E-state index contributed by atoms with van der Waals surface area (Å²) < 4.78 is 0. The Morgan fingerprint density at radius 1 is 1.35 bits per heavy atom. The van der Waals surface area contributed by atoms with Crippen molar-refractivity contribution in [2.75, 3.05) is 16.8 Å². The third-order valence-electron chi connectivity index (χ3n) is 3.98. The van der Waals surface area contributed by atoms with E-state index in [1.165, 1.54) is 23.5 Å². The number of carbonyl (C=O) groups excluding carboxylic acids is 2. The number of rotatable bonds is 5. The van der Waals surface area contributed by atoms with Crippen LogP contribution in [0.2, 0.25) is 0 Å². The maximum atomic E-state index is 12.1. The summed E-state index contributed by atoms with van der Waals surface area (Å²) in [6, 6.07) is 7.72. The van der Waals surface area contributed by atoms with E-state index in [1.807, 2.05) is 43.5 Å². The topological polar surface area (TPSA) is 86.7 Å². The Kier molecular flexibility index (Phi) is 4.69.